The third-order valence-electron chi connectivity index (χ3n) is 14.7. The van der Waals surface area contributed by atoms with Crippen LogP contribution >= 0.6 is 0 Å². The molecule has 2 heteroatoms. The highest BCUT2D eigenvalue weighted by Crippen LogP contribution is 2.63. The Bertz CT molecular complexity index is 3430. The summed E-state index contributed by atoms with van der Waals surface area (Å²) in [5, 5.41) is 0. The van der Waals surface area contributed by atoms with Crippen molar-refractivity contribution in [1.82, 2.24) is 0 Å². The summed E-state index contributed by atoms with van der Waals surface area (Å²) in [5.74, 6) is 0. The molecule has 0 amide bonds. The Hall–Kier alpha value is -8.20. The van der Waals surface area contributed by atoms with Crippen molar-refractivity contribution in [3.8, 4) is 44.5 Å². The van der Waals surface area contributed by atoms with Crippen LogP contribution in [0.4, 0.5) is 34.1 Å². The molecule has 2 nitrogen and oxygen atoms in total. The van der Waals surface area contributed by atoms with Crippen LogP contribution in [0.3, 0.4) is 0 Å². The number of benzene rings is 10. The van der Waals surface area contributed by atoms with Gasteiger partial charge in [-0.1, -0.05) is 184 Å². The Morgan fingerprint density at radius 1 is 0.242 bits per heavy atom. The van der Waals surface area contributed by atoms with Crippen molar-refractivity contribution >= 4 is 34.1 Å². The Morgan fingerprint density at radius 2 is 0.545 bits per heavy atom. The van der Waals surface area contributed by atoms with Gasteiger partial charge in [-0.2, -0.15) is 0 Å². The average molecular weight is 843 g/mol. The molecule has 66 heavy (non-hydrogen) atoms. The van der Waals surface area contributed by atoms with Crippen molar-refractivity contribution in [3.05, 3.63) is 276 Å². The Kier molecular flexibility index (Phi) is 8.51. The van der Waals surface area contributed by atoms with E-state index >= 15 is 0 Å². The van der Waals surface area contributed by atoms with E-state index in [4.69, 9.17) is 0 Å². The van der Waals surface area contributed by atoms with Crippen molar-refractivity contribution in [2.45, 2.75) is 24.7 Å². The third-order valence-corrected chi connectivity index (χ3v) is 14.7. The molecule has 3 aliphatic carbocycles. The molecule has 0 radical (unpaired) electrons. The van der Waals surface area contributed by atoms with E-state index in [-0.39, 0.29) is 5.41 Å². The smallest absolute Gasteiger partial charge is 0.0726 e. The summed E-state index contributed by atoms with van der Waals surface area (Å²) in [6.45, 7) is 4.79. The molecule has 3 aliphatic rings. The highest BCUT2D eigenvalue weighted by molar-refractivity contribution is 5.97. The maximum Gasteiger partial charge on any atom is 0.0726 e. The number of hydrogen-bond acceptors (Lipinski definition) is 2. The topological polar surface area (TPSA) is 6.48 Å². The second-order valence-electron chi connectivity index (χ2n) is 18.5. The summed E-state index contributed by atoms with van der Waals surface area (Å²) in [5.41, 5.74) is 24.4. The van der Waals surface area contributed by atoms with Crippen LogP contribution in [0.1, 0.15) is 47.2 Å². The van der Waals surface area contributed by atoms with Crippen LogP contribution in [0.25, 0.3) is 44.5 Å². The molecule has 0 aliphatic heterocycles. The molecule has 0 saturated carbocycles. The lowest BCUT2D eigenvalue weighted by Gasteiger charge is -2.32. The predicted molar refractivity (Wildman–Crippen MR) is 275 cm³/mol. The van der Waals surface area contributed by atoms with E-state index in [0.717, 1.165) is 34.1 Å². The normalized spacial score (nSPS) is 13.8. The van der Waals surface area contributed by atoms with Gasteiger partial charge in [0.2, 0.25) is 0 Å². The second-order valence-corrected chi connectivity index (χ2v) is 18.5. The quantitative estimate of drug-likeness (QED) is 0.158. The summed E-state index contributed by atoms with van der Waals surface area (Å²) < 4.78 is 0. The molecule has 13 rings (SSSR count). The Morgan fingerprint density at radius 3 is 1.00 bits per heavy atom. The van der Waals surface area contributed by atoms with E-state index in [0.29, 0.717) is 0 Å². The number of anilines is 6. The molecule has 0 saturated heterocycles. The number of fused-ring (bicyclic) bond motifs is 13. The standard InChI is InChI=1S/C64H46N2/c1-63(2)60-40-48(65(45-20-8-4-9-21-45)47-32-30-44(31-33-47)43-18-6-3-7-19-43)34-37-54(60)55-38-35-49(41-61(55)63)66(46-22-10-5-11-23-46)50-36-39-56-53-26-14-17-29-59(53)64(62(56)42-50)57-27-15-12-24-51(57)52-25-13-16-28-58(52)64/h3-42H,1-2H3. The first-order valence-electron chi connectivity index (χ1n) is 23.1. The van der Waals surface area contributed by atoms with Crippen molar-refractivity contribution in [3.63, 3.8) is 0 Å². The van der Waals surface area contributed by atoms with Crippen LogP contribution in [0, 0.1) is 0 Å². The van der Waals surface area contributed by atoms with E-state index in [2.05, 4.69) is 266 Å². The minimum Gasteiger partial charge on any atom is -0.310 e. The van der Waals surface area contributed by atoms with Gasteiger partial charge in [0.1, 0.15) is 0 Å². The molecule has 0 heterocycles. The third kappa shape index (κ3) is 5.55. The molecule has 0 fully saturated rings. The summed E-state index contributed by atoms with van der Waals surface area (Å²) >= 11 is 0. The number of rotatable bonds is 7. The first-order chi connectivity index (χ1) is 32.5. The SMILES string of the molecule is CC1(C)c2cc(N(c3ccccc3)c3ccc(-c4ccccc4)cc3)ccc2-c2ccc(N(c3ccccc3)c3ccc4c(c3)C3(c5ccccc5-c5ccccc53)c3ccccc3-4)cc21. The van der Waals surface area contributed by atoms with Gasteiger partial charge in [0.15, 0.2) is 0 Å². The molecular weight excluding hydrogens is 797 g/mol. The number of hydrogen-bond donors (Lipinski definition) is 0. The lowest BCUT2D eigenvalue weighted by Crippen LogP contribution is -2.26. The molecule has 0 aromatic heterocycles. The fraction of sp³-hybridized carbons (Fsp3) is 0.0625. The zero-order valence-corrected chi connectivity index (χ0v) is 37.0. The van der Waals surface area contributed by atoms with Crippen LogP contribution < -0.4 is 9.80 Å². The van der Waals surface area contributed by atoms with Gasteiger partial charge < -0.3 is 9.80 Å². The van der Waals surface area contributed by atoms with E-state index < -0.39 is 5.41 Å². The van der Waals surface area contributed by atoms with Crippen LogP contribution in [-0.2, 0) is 10.8 Å². The lowest BCUT2D eigenvalue weighted by atomic mass is 9.70. The summed E-state index contributed by atoms with van der Waals surface area (Å²) in [6.07, 6.45) is 0. The predicted octanol–water partition coefficient (Wildman–Crippen LogP) is 16.9. The molecule has 1 spiro atoms. The first kappa shape index (κ1) is 38.3. The van der Waals surface area contributed by atoms with Gasteiger partial charge in [-0.25, -0.2) is 0 Å². The highest BCUT2D eigenvalue weighted by atomic mass is 15.1. The van der Waals surface area contributed by atoms with Gasteiger partial charge in [0.25, 0.3) is 0 Å². The maximum atomic E-state index is 2.49. The zero-order valence-electron chi connectivity index (χ0n) is 37.0. The van der Waals surface area contributed by atoms with E-state index in [1.165, 1.54) is 77.9 Å². The van der Waals surface area contributed by atoms with Crippen LogP contribution in [0.5, 0.6) is 0 Å². The van der Waals surface area contributed by atoms with Crippen molar-refractivity contribution in [1.29, 1.82) is 0 Å². The first-order valence-corrected chi connectivity index (χ1v) is 23.1. The molecule has 10 aromatic carbocycles. The van der Waals surface area contributed by atoms with Gasteiger partial charge in [0, 0.05) is 39.5 Å². The fourth-order valence-electron chi connectivity index (χ4n) is 11.7. The minimum absolute atomic E-state index is 0.264. The highest BCUT2D eigenvalue weighted by Gasteiger charge is 2.51. The van der Waals surface area contributed by atoms with Crippen LogP contribution in [0.15, 0.2) is 243 Å². The molecule has 10 aromatic rings. The average Bonchev–Trinajstić information content (AvgIpc) is 3.93. The maximum absolute atomic E-state index is 2.49. The zero-order chi connectivity index (χ0) is 44.0. The Balaban J connectivity index is 0.932. The molecule has 0 bridgehead atoms. The van der Waals surface area contributed by atoms with Crippen LogP contribution in [0.2, 0.25) is 0 Å². The number of nitrogens with zero attached hydrogens (tertiary/aromatic N) is 2. The van der Waals surface area contributed by atoms with Gasteiger partial charge in [0.05, 0.1) is 5.41 Å². The van der Waals surface area contributed by atoms with E-state index in [1.807, 2.05) is 0 Å². The largest absolute Gasteiger partial charge is 0.310 e. The van der Waals surface area contributed by atoms with Crippen molar-refractivity contribution in [2.75, 3.05) is 9.80 Å². The van der Waals surface area contributed by atoms with E-state index in [9.17, 15) is 0 Å². The monoisotopic (exact) mass is 842 g/mol. The molecule has 0 unspecified atom stereocenters. The second kappa shape index (κ2) is 14.7. The number of para-hydroxylation sites is 2. The van der Waals surface area contributed by atoms with Gasteiger partial charge in [-0.15, -0.1) is 0 Å². The molecular formula is C64H46N2. The lowest BCUT2D eigenvalue weighted by molar-refractivity contribution is 0.660. The van der Waals surface area contributed by atoms with Gasteiger partial charge in [-0.05, 0) is 151 Å². The molecule has 312 valence electrons. The Labute approximate surface area is 387 Å². The summed E-state index contributed by atoms with van der Waals surface area (Å²) in [7, 11) is 0. The van der Waals surface area contributed by atoms with Gasteiger partial charge in [-0.3, -0.25) is 0 Å². The summed E-state index contributed by atoms with van der Waals surface area (Å²) in [4.78, 5) is 4.85. The minimum atomic E-state index is -0.422. The van der Waals surface area contributed by atoms with E-state index in [1.54, 1.807) is 0 Å². The van der Waals surface area contributed by atoms with Gasteiger partial charge >= 0.3 is 0 Å². The van der Waals surface area contributed by atoms with Crippen molar-refractivity contribution < 1.29 is 0 Å². The van der Waals surface area contributed by atoms with Crippen molar-refractivity contribution in [2.24, 2.45) is 0 Å². The molecule has 0 atom stereocenters. The van der Waals surface area contributed by atoms with Crippen LogP contribution in [-0.4, -0.2) is 0 Å². The fourth-order valence-corrected chi connectivity index (χ4v) is 11.7. The molecule has 0 N–H and O–H groups in total. The summed E-state index contributed by atoms with van der Waals surface area (Å²) in [6, 6.07) is 89.8.